The summed E-state index contributed by atoms with van der Waals surface area (Å²) in [6.07, 6.45) is 2.52. The van der Waals surface area contributed by atoms with Crippen LogP contribution in [0.15, 0.2) is 0 Å². The highest BCUT2D eigenvalue weighted by atomic mass is 15.5. The zero-order valence-corrected chi connectivity index (χ0v) is 6.01. The minimum atomic E-state index is 0.917. The Hall–Kier alpha value is -0.120. The number of hydrazine groups is 1. The minimum Gasteiger partial charge on any atom is -0.292 e. The molecule has 0 aromatic heterocycles. The molecular weight excluding hydrogens is 114 g/mol. The van der Waals surface area contributed by atoms with E-state index in [0.29, 0.717) is 0 Å². The van der Waals surface area contributed by atoms with Gasteiger partial charge in [-0.2, -0.15) is 0 Å². The van der Waals surface area contributed by atoms with Gasteiger partial charge in [-0.25, -0.2) is 5.01 Å². The Morgan fingerprint density at radius 2 is 1.89 bits per heavy atom. The van der Waals surface area contributed by atoms with E-state index >= 15 is 0 Å². The molecule has 0 bridgehead atoms. The fourth-order valence-corrected chi connectivity index (χ4v) is 1.15. The summed E-state index contributed by atoms with van der Waals surface area (Å²) in [5, 5.41) is 1.87. The van der Waals surface area contributed by atoms with Gasteiger partial charge in [-0.3, -0.25) is 10.7 Å². The molecule has 0 unspecified atom stereocenters. The van der Waals surface area contributed by atoms with E-state index in [2.05, 4.69) is 11.9 Å². The van der Waals surface area contributed by atoms with Gasteiger partial charge in [0, 0.05) is 6.54 Å². The van der Waals surface area contributed by atoms with Gasteiger partial charge >= 0.3 is 0 Å². The van der Waals surface area contributed by atoms with Gasteiger partial charge in [0.15, 0.2) is 0 Å². The summed E-state index contributed by atoms with van der Waals surface area (Å²) >= 11 is 0. The first-order valence-corrected chi connectivity index (χ1v) is 3.47. The van der Waals surface area contributed by atoms with Crippen molar-refractivity contribution in [2.75, 3.05) is 26.8 Å². The lowest BCUT2D eigenvalue weighted by Gasteiger charge is -2.18. The Bertz CT molecular complexity index is 74.4. The maximum absolute atomic E-state index is 5.62. The van der Waals surface area contributed by atoms with Crippen LogP contribution in [0.2, 0.25) is 0 Å². The molecule has 2 N–H and O–H groups in total. The number of hydrogen-bond acceptors (Lipinski definition) is 3. The van der Waals surface area contributed by atoms with E-state index < -0.39 is 0 Å². The summed E-state index contributed by atoms with van der Waals surface area (Å²) in [6.45, 7) is 3.15. The highest BCUT2D eigenvalue weighted by molar-refractivity contribution is 4.58. The summed E-state index contributed by atoms with van der Waals surface area (Å²) in [4.78, 5) is 2.24. The van der Waals surface area contributed by atoms with Gasteiger partial charge in [-0.05, 0) is 26.4 Å². The van der Waals surface area contributed by atoms with Gasteiger partial charge in [-0.15, -0.1) is 0 Å². The van der Waals surface area contributed by atoms with Crippen LogP contribution in [-0.2, 0) is 0 Å². The van der Waals surface area contributed by atoms with E-state index in [1.807, 2.05) is 5.01 Å². The van der Waals surface area contributed by atoms with Crippen molar-refractivity contribution in [1.29, 1.82) is 0 Å². The van der Waals surface area contributed by atoms with E-state index in [4.69, 9.17) is 5.84 Å². The normalized spacial score (nSPS) is 26.0. The Balaban J connectivity index is 2.29. The van der Waals surface area contributed by atoms with Crippen molar-refractivity contribution in [3.63, 3.8) is 0 Å². The van der Waals surface area contributed by atoms with Crippen LogP contribution in [0.4, 0.5) is 0 Å². The quantitative estimate of drug-likeness (QED) is 0.461. The number of rotatable bonds is 0. The van der Waals surface area contributed by atoms with E-state index in [9.17, 15) is 0 Å². The smallest absolute Gasteiger partial charge is 0.0641 e. The van der Waals surface area contributed by atoms with E-state index in [-0.39, 0.29) is 0 Å². The van der Waals surface area contributed by atoms with Crippen LogP contribution >= 0.6 is 0 Å². The van der Waals surface area contributed by atoms with Crippen molar-refractivity contribution in [3.05, 3.63) is 0 Å². The van der Waals surface area contributed by atoms with Crippen LogP contribution in [0.3, 0.4) is 0 Å². The predicted molar refractivity (Wildman–Crippen MR) is 37.6 cm³/mol. The molecule has 3 nitrogen and oxygen atoms in total. The summed E-state index contributed by atoms with van der Waals surface area (Å²) in [5.74, 6) is 5.62. The molecule has 0 saturated carbocycles. The first-order valence-electron chi connectivity index (χ1n) is 3.47. The van der Waals surface area contributed by atoms with Crippen LogP contribution < -0.4 is 5.84 Å². The third kappa shape index (κ3) is 2.30. The number of nitrogens with zero attached hydrogens (tertiary/aromatic N) is 2. The van der Waals surface area contributed by atoms with Crippen LogP contribution in [0.25, 0.3) is 0 Å². The molecule has 0 spiro atoms. The van der Waals surface area contributed by atoms with Crippen molar-refractivity contribution in [2.45, 2.75) is 12.8 Å². The molecule has 0 radical (unpaired) electrons. The molecule has 9 heavy (non-hydrogen) atoms. The first-order chi connectivity index (χ1) is 4.29. The molecule has 0 aliphatic carbocycles. The Labute approximate surface area is 56.4 Å². The molecule has 1 rings (SSSR count). The molecular formula is C6H15N3. The van der Waals surface area contributed by atoms with E-state index in [1.165, 1.54) is 19.4 Å². The van der Waals surface area contributed by atoms with Crippen LogP contribution in [0.5, 0.6) is 0 Å². The van der Waals surface area contributed by atoms with Gasteiger partial charge in [0.25, 0.3) is 0 Å². The molecule has 0 aromatic rings. The lowest BCUT2D eigenvalue weighted by Crippen LogP contribution is -2.38. The largest absolute Gasteiger partial charge is 0.292 e. The van der Waals surface area contributed by atoms with Gasteiger partial charge < -0.3 is 0 Å². The summed E-state index contributed by atoms with van der Waals surface area (Å²) in [7, 11) is 2.10. The van der Waals surface area contributed by atoms with Gasteiger partial charge in [0.2, 0.25) is 0 Å². The molecule has 0 aromatic carbocycles. The maximum Gasteiger partial charge on any atom is 0.0641 e. The van der Waals surface area contributed by atoms with Crippen molar-refractivity contribution < 1.29 is 0 Å². The molecule has 0 amide bonds. The van der Waals surface area contributed by atoms with Gasteiger partial charge in [0.1, 0.15) is 0 Å². The standard InChI is InChI=1S/C6H15N3/c1-8-4-2-3-5-9(7)6-8/h2-7H2,1H3. The van der Waals surface area contributed by atoms with Crippen molar-refractivity contribution >= 4 is 0 Å². The SMILES string of the molecule is CN1CCCCN(N)C1. The second-order valence-corrected chi connectivity index (χ2v) is 2.74. The highest BCUT2D eigenvalue weighted by Crippen LogP contribution is 1.99. The second-order valence-electron chi connectivity index (χ2n) is 2.74. The Morgan fingerprint density at radius 1 is 1.22 bits per heavy atom. The summed E-state index contributed by atoms with van der Waals surface area (Å²) in [6, 6.07) is 0. The van der Waals surface area contributed by atoms with E-state index in [1.54, 1.807) is 0 Å². The average molecular weight is 129 g/mol. The average Bonchev–Trinajstić information content (AvgIpc) is 1.93. The molecule has 1 aliphatic rings. The molecule has 3 heteroatoms. The molecule has 1 aliphatic heterocycles. The zero-order valence-electron chi connectivity index (χ0n) is 6.01. The molecule has 54 valence electrons. The number of nitrogens with two attached hydrogens (primary N) is 1. The lowest BCUT2D eigenvalue weighted by molar-refractivity contribution is 0.183. The van der Waals surface area contributed by atoms with Crippen molar-refractivity contribution in [2.24, 2.45) is 5.84 Å². The minimum absolute atomic E-state index is 0.917. The third-order valence-electron chi connectivity index (χ3n) is 1.66. The highest BCUT2D eigenvalue weighted by Gasteiger charge is 2.07. The molecule has 0 atom stereocenters. The van der Waals surface area contributed by atoms with E-state index in [0.717, 1.165) is 13.2 Å². The van der Waals surface area contributed by atoms with Crippen molar-refractivity contribution in [3.8, 4) is 0 Å². The predicted octanol–water partition coefficient (Wildman–Crippen LogP) is -0.155. The van der Waals surface area contributed by atoms with Gasteiger partial charge in [0.05, 0.1) is 6.67 Å². The maximum atomic E-state index is 5.62. The molecule has 1 saturated heterocycles. The first kappa shape index (κ1) is 6.99. The zero-order chi connectivity index (χ0) is 6.69. The van der Waals surface area contributed by atoms with Crippen LogP contribution in [0.1, 0.15) is 12.8 Å². The number of hydrogen-bond donors (Lipinski definition) is 1. The third-order valence-corrected chi connectivity index (χ3v) is 1.66. The van der Waals surface area contributed by atoms with Crippen molar-refractivity contribution in [1.82, 2.24) is 9.91 Å². The Morgan fingerprint density at radius 3 is 2.67 bits per heavy atom. The van der Waals surface area contributed by atoms with Gasteiger partial charge in [-0.1, -0.05) is 0 Å². The molecule has 1 heterocycles. The lowest BCUT2D eigenvalue weighted by atomic mass is 10.3. The monoisotopic (exact) mass is 129 g/mol. The van der Waals surface area contributed by atoms with Crippen LogP contribution in [-0.4, -0.2) is 36.7 Å². The Kier molecular flexibility index (Phi) is 2.45. The summed E-state index contributed by atoms with van der Waals surface area (Å²) in [5.41, 5.74) is 0. The van der Waals surface area contributed by atoms with Crippen LogP contribution in [0, 0.1) is 0 Å². The second kappa shape index (κ2) is 3.15. The fraction of sp³-hybridized carbons (Fsp3) is 1.00. The fourth-order valence-electron chi connectivity index (χ4n) is 1.15. The summed E-state index contributed by atoms with van der Waals surface area (Å²) < 4.78 is 0. The molecule has 1 fully saturated rings. The topological polar surface area (TPSA) is 32.5 Å².